The van der Waals surface area contributed by atoms with Gasteiger partial charge in [-0.25, -0.2) is 0 Å². The molecule has 0 N–H and O–H groups in total. The number of carbonyl (C=O) groups is 3. The van der Waals surface area contributed by atoms with Crippen LogP contribution < -0.4 is 0 Å². The highest BCUT2D eigenvalue weighted by Crippen LogP contribution is 2.15. The summed E-state index contributed by atoms with van der Waals surface area (Å²) >= 11 is 0. The molecule has 0 bridgehead atoms. The first-order valence-electron chi connectivity index (χ1n) is 34.0. The molecule has 0 aliphatic rings. The van der Waals surface area contributed by atoms with Gasteiger partial charge in [0.25, 0.3) is 0 Å². The second-order valence-electron chi connectivity index (χ2n) is 22.0. The Labute approximate surface area is 511 Å². The fourth-order valence-electron chi connectivity index (χ4n) is 8.97. The van der Waals surface area contributed by atoms with Crippen molar-refractivity contribution in [3.05, 3.63) is 158 Å². The molecule has 0 radical (unpaired) electrons. The molecule has 0 aliphatic carbocycles. The van der Waals surface area contributed by atoms with Crippen LogP contribution in [0.3, 0.4) is 0 Å². The van der Waals surface area contributed by atoms with E-state index in [2.05, 4.69) is 179 Å². The van der Waals surface area contributed by atoms with Gasteiger partial charge in [0, 0.05) is 19.3 Å². The Morgan fingerprint density at radius 3 is 0.735 bits per heavy atom. The first-order chi connectivity index (χ1) is 41.0. The fourth-order valence-corrected chi connectivity index (χ4v) is 8.97. The zero-order valence-electron chi connectivity index (χ0n) is 53.7. The van der Waals surface area contributed by atoms with Crippen LogP contribution in [0, 0.1) is 0 Å². The minimum absolute atomic E-state index is 0.0990. The summed E-state index contributed by atoms with van der Waals surface area (Å²) in [5.74, 6) is -0.939. The van der Waals surface area contributed by atoms with Gasteiger partial charge in [-0.05, 0) is 148 Å². The molecule has 0 saturated heterocycles. The van der Waals surface area contributed by atoms with Gasteiger partial charge >= 0.3 is 17.9 Å². The van der Waals surface area contributed by atoms with Crippen LogP contribution in [0.15, 0.2) is 158 Å². The van der Waals surface area contributed by atoms with Gasteiger partial charge in [-0.2, -0.15) is 0 Å². The molecule has 1 unspecified atom stereocenters. The van der Waals surface area contributed by atoms with Crippen LogP contribution in [-0.4, -0.2) is 37.2 Å². The van der Waals surface area contributed by atoms with E-state index in [-0.39, 0.29) is 31.1 Å². The average Bonchev–Trinajstić information content (AvgIpc) is 3.49. The largest absolute Gasteiger partial charge is 0.462 e. The summed E-state index contributed by atoms with van der Waals surface area (Å²) in [6.07, 6.45) is 101. The van der Waals surface area contributed by atoms with Crippen molar-refractivity contribution in [3.63, 3.8) is 0 Å². The minimum atomic E-state index is -0.806. The van der Waals surface area contributed by atoms with E-state index in [4.69, 9.17) is 14.2 Å². The zero-order valence-corrected chi connectivity index (χ0v) is 53.7. The van der Waals surface area contributed by atoms with Gasteiger partial charge in [-0.3, -0.25) is 14.4 Å². The maximum Gasteiger partial charge on any atom is 0.306 e. The molecule has 0 amide bonds. The molecule has 0 aromatic rings. The number of unbranched alkanes of at least 4 members (excludes halogenated alkanes) is 23. The van der Waals surface area contributed by atoms with Crippen molar-refractivity contribution in [2.24, 2.45) is 0 Å². The Hall–Kier alpha value is -4.97. The van der Waals surface area contributed by atoms with Gasteiger partial charge in [-0.15, -0.1) is 0 Å². The number of ether oxygens (including phenoxy) is 3. The molecule has 1 atom stereocenters. The van der Waals surface area contributed by atoms with Crippen LogP contribution in [-0.2, 0) is 28.6 Å². The summed E-state index contributed by atoms with van der Waals surface area (Å²) in [6.45, 7) is 6.36. The van der Waals surface area contributed by atoms with E-state index in [1.54, 1.807) is 0 Å². The summed E-state index contributed by atoms with van der Waals surface area (Å²) in [4.78, 5) is 38.4. The lowest BCUT2D eigenvalue weighted by Crippen LogP contribution is -2.30. The first kappa shape index (κ1) is 78.0. The van der Waals surface area contributed by atoms with Crippen LogP contribution in [0.2, 0.25) is 0 Å². The topological polar surface area (TPSA) is 78.9 Å². The van der Waals surface area contributed by atoms with Crippen LogP contribution in [0.4, 0.5) is 0 Å². The standard InChI is InChI=1S/C77H124O6/c1-4-7-10-13-16-19-22-25-28-30-31-32-33-34-35-36-37-38-39-40-41-42-43-44-45-47-49-52-55-58-61-64-67-70-76(79)82-73-74(72-81-75(78)69-66-63-60-57-54-51-48-27-24-21-18-15-12-9-6-3)83-77(80)71-68-65-62-59-56-53-50-46-29-26-23-20-17-14-11-8-5-2/h7-8,10-11,16-21,25-29,31-32,34-35,37-38,40-41,48,50,53,74H,4-6,9,12-15,22-24,30,33,36,39,42-47,49,51-52,54-73H2,1-3H3/b10-7-,11-8-,19-16-,20-17-,21-18-,28-25-,29-26-,32-31-,35-34-,38-37-,41-40-,48-27-,53-50-. The van der Waals surface area contributed by atoms with Crippen molar-refractivity contribution in [1.82, 2.24) is 0 Å². The van der Waals surface area contributed by atoms with E-state index < -0.39 is 6.10 Å². The van der Waals surface area contributed by atoms with Crippen molar-refractivity contribution < 1.29 is 28.6 Å². The maximum atomic E-state index is 12.9. The molecule has 0 aliphatic heterocycles. The highest BCUT2D eigenvalue weighted by molar-refractivity contribution is 5.71. The van der Waals surface area contributed by atoms with E-state index in [9.17, 15) is 14.4 Å². The predicted octanol–water partition coefficient (Wildman–Crippen LogP) is 23.7. The van der Waals surface area contributed by atoms with Crippen molar-refractivity contribution in [2.75, 3.05) is 13.2 Å². The molecular weight excluding hydrogens is 1020 g/mol. The molecule has 0 rings (SSSR count). The lowest BCUT2D eigenvalue weighted by molar-refractivity contribution is -0.167. The van der Waals surface area contributed by atoms with E-state index in [1.165, 1.54) is 83.5 Å². The number of rotatable bonds is 60. The molecule has 468 valence electrons. The van der Waals surface area contributed by atoms with Crippen LogP contribution >= 0.6 is 0 Å². The number of esters is 3. The van der Waals surface area contributed by atoms with Gasteiger partial charge < -0.3 is 14.2 Å². The quantitative estimate of drug-likeness (QED) is 0.0261. The third-order valence-electron chi connectivity index (χ3n) is 14.0. The van der Waals surface area contributed by atoms with Crippen molar-refractivity contribution in [2.45, 2.75) is 297 Å². The smallest absolute Gasteiger partial charge is 0.306 e. The molecule has 0 saturated carbocycles. The molecule has 0 heterocycles. The van der Waals surface area contributed by atoms with Crippen LogP contribution in [0.25, 0.3) is 0 Å². The third-order valence-corrected chi connectivity index (χ3v) is 14.0. The van der Waals surface area contributed by atoms with E-state index in [0.29, 0.717) is 19.3 Å². The fraction of sp³-hybridized carbons (Fsp3) is 0.623. The molecule has 0 spiro atoms. The average molecular weight is 1150 g/mol. The molecule has 0 aromatic heterocycles. The summed E-state index contributed by atoms with van der Waals surface area (Å²) in [6, 6.07) is 0. The molecule has 0 aromatic carbocycles. The molecule has 83 heavy (non-hydrogen) atoms. The Balaban J connectivity index is 4.32. The van der Waals surface area contributed by atoms with Gasteiger partial charge in [0.05, 0.1) is 0 Å². The van der Waals surface area contributed by atoms with Crippen molar-refractivity contribution in [3.8, 4) is 0 Å². The maximum absolute atomic E-state index is 12.9. The highest BCUT2D eigenvalue weighted by Gasteiger charge is 2.19. The predicted molar refractivity (Wildman–Crippen MR) is 362 cm³/mol. The van der Waals surface area contributed by atoms with E-state index in [1.807, 2.05) is 0 Å². The van der Waals surface area contributed by atoms with Crippen molar-refractivity contribution >= 4 is 17.9 Å². The Morgan fingerprint density at radius 2 is 0.470 bits per heavy atom. The van der Waals surface area contributed by atoms with Gasteiger partial charge in [0.15, 0.2) is 6.10 Å². The first-order valence-corrected chi connectivity index (χ1v) is 34.0. The Kier molecular flexibility index (Phi) is 65.4. The molecule has 6 heteroatoms. The number of carbonyl (C=O) groups excluding carboxylic acids is 3. The zero-order chi connectivity index (χ0) is 59.9. The number of hydrogen-bond donors (Lipinski definition) is 0. The Morgan fingerprint density at radius 1 is 0.253 bits per heavy atom. The second-order valence-corrected chi connectivity index (χ2v) is 22.0. The number of hydrogen-bond acceptors (Lipinski definition) is 6. The minimum Gasteiger partial charge on any atom is -0.462 e. The summed E-state index contributed by atoms with van der Waals surface area (Å²) in [7, 11) is 0. The number of allylic oxidation sites excluding steroid dienone is 26. The van der Waals surface area contributed by atoms with Gasteiger partial charge in [0.1, 0.15) is 13.2 Å². The van der Waals surface area contributed by atoms with Crippen LogP contribution in [0.1, 0.15) is 290 Å². The van der Waals surface area contributed by atoms with Crippen molar-refractivity contribution in [1.29, 1.82) is 0 Å². The second kappa shape index (κ2) is 69.5. The van der Waals surface area contributed by atoms with E-state index in [0.717, 1.165) is 167 Å². The molecule has 6 nitrogen and oxygen atoms in total. The normalized spacial score (nSPS) is 13.1. The lowest BCUT2D eigenvalue weighted by Gasteiger charge is -2.18. The monoisotopic (exact) mass is 1140 g/mol. The van der Waals surface area contributed by atoms with E-state index >= 15 is 0 Å². The SMILES string of the molecule is CC/C=C\C/C=C\C/C=C\C/C=C\C/C=C\C/C=C\C/C=C\CCCCCCCCCCCCCC(=O)OCC(COC(=O)CCCCCCC/C=C\C/C=C\CCCCC)OC(=O)CCCCCC/C=C\C/C=C\C/C=C\C/C=C\CC. The lowest BCUT2D eigenvalue weighted by atomic mass is 10.0. The Bertz CT molecular complexity index is 1840. The summed E-state index contributed by atoms with van der Waals surface area (Å²) in [5, 5.41) is 0. The highest BCUT2D eigenvalue weighted by atomic mass is 16.6. The third kappa shape index (κ3) is 67.7. The van der Waals surface area contributed by atoms with Gasteiger partial charge in [0.2, 0.25) is 0 Å². The summed E-state index contributed by atoms with van der Waals surface area (Å²) in [5.41, 5.74) is 0. The summed E-state index contributed by atoms with van der Waals surface area (Å²) < 4.78 is 16.9. The van der Waals surface area contributed by atoms with Gasteiger partial charge in [-0.1, -0.05) is 281 Å². The molecule has 0 fully saturated rings. The van der Waals surface area contributed by atoms with Crippen LogP contribution in [0.5, 0.6) is 0 Å². The molecular formula is C77H124O6.